The lowest BCUT2D eigenvalue weighted by atomic mass is 9.79. The third kappa shape index (κ3) is 0.923. The van der Waals surface area contributed by atoms with Gasteiger partial charge in [-0.25, -0.2) is 0 Å². The first-order valence-electron chi connectivity index (χ1n) is 6.32. The molecular weight excluding hydrogens is 266 g/mol. The number of hydrogen-bond donors (Lipinski definition) is 2. The number of nitrogens with zero attached hydrogens (tertiary/aromatic N) is 3. The number of nitrogens with one attached hydrogen (secondary N) is 1. The van der Waals surface area contributed by atoms with Crippen molar-refractivity contribution in [2.75, 3.05) is 0 Å². The number of nitriles is 3. The van der Waals surface area contributed by atoms with Gasteiger partial charge in [-0.15, -0.1) is 0 Å². The molecule has 3 rings (SSSR count). The summed E-state index contributed by atoms with van der Waals surface area (Å²) in [4.78, 5) is 12.4. The standard InChI is InChI=1S/C15H11N5O/c1-12-13(7-16,8-17)14(12,9-18)11(21)20-15(12,19)10-5-3-2-4-6-10/h2-6H,19H2,1H3,(H,20,21)/t12-,14-,15+/m1/s1. The molecule has 102 valence electrons. The molecule has 1 saturated heterocycles. The Morgan fingerprint density at radius 2 is 1.67 bits per heavy atom. The Morgan fingerprint density at radius 1 is 1.10 bits per heavy atom. The highest BCUT2D eigenvalue weighted by atomic mass is 16.2. The molecule has 1 aliphatic heterocycles. The molecule has 0 spiro atoms. The minimum atomic E-state index is -1.75. The van der Waals surface area contributed by atoms with Crippen molar-refractivity contribution in [1.29, 1.82) is 15.8 Å². The molecule has 21 heavy (non-hydrogen) atoms. The van der Waals surface area contributed by atoms with E-state index in [0.717, 1.165) is 0 Å². The number of hydrogen-bond acceptors (Lipinski definition) is 5. The van der Waals surface area contributed by atoms with Crippen molar-refractivity contribution >= 4 is 5.91 Å². The fraction of sp³-hybridized carbons (Fsp3) is 0.333. The van der Waals surface area contributed by atoms with Crippen LogP contribution in [0.4, 0.5) is 0 Å². The Morgan fingerprint density at radius 3 is 2.10 bits per heavy atom. The van der Waals surface area contributed by atoms with E-state index in [0.29, 0.717) is 5.56 Å². The van der Waals surface area contributed by atoms with Gasteiger partial charge in [0, 0.05) is 0 Å². The van der Waals surface area contributed by atoms with Gasteiger partial charge in [0.25, 0.3) is 0 Å². The second-order valence-electron chi connectivity index (χ2n) is 5.59. The smallest absolute Gasteiger partial charge is 0.245 e. The largest absolute Gasteiger partial charge is 0.332 e. The zero-order valence-corrected chi connectivity index (χ0v) is 11.2. The van der Waals surface area contributed by atoms with Gasteiger partial charge in [-0.1, -0.05) is 37.3 Å². The van der Waals surface area contributed by atoms with E-state index in [1.54, 1.807) is 37.3 Å². The van der Waals surface area contributed by atoms with E-state index in [4.69, 9.17) is 5.73 Å². The van der Waals surface area contributed by atoms with Crippen molar-refractivity contribution in [1.82, 2.24) is 5.32 Å². The summed E-state index contributed by atoms with van der Waals surface area (Å²) in [6, 6.07) is 14.3. The number of piperidine rings is 1. The molecule has 1 aromatic rings. The summed E-state index contributed by atoms with van der Waals surface area (Å²) in [5.41, 5.74) is 0.709. The van der Waals surface area contributed by atoms with Crippen LogP contribution in [0.5, 0.6) is 0 Å². The summed E-state index contributed by atoms with van der Waals surface area (Å²) in [5, 5.41) is 31.1. The quantitative estimate of drug-likeness (QED) is 0.772. The Kier molecular flexibility index (Phi) is 2.13. The molecule has 1 heterocycles. The Balaban J connectivity index is 2.32. The first kappa shape index (κ1) is 13.1. The maximum absolute atomic E-state index is 12.4. The van der Waals surface area contributed by atoms with Crippen molar-refractivity contribution in [3.8, 4) is 18.2 Å². The lowest BCUT2D eigenvalue weighted by Gasteiger charge is -2.34. The molecular formula is C15H11N5O. The Bertz CT molecular complexity index is 769. The number of benzene rings is 1. The van der Waals surface area contributed by atoms with E-state index in [9.17, 15) is 20.6 Å². The molecule has 1 amide bonds. The lowest BCUT2D eigenvalue weighted by molar-refractivity contribution is -0.124. The van der Waals surface area contributed by atoms with Crippen LogP contribution in [-0.4, -0.2) is 5.91 Å². The first-order valence-corrected chi connectivity index (χ1v) is 6.32. The molecule has 0 unspecified atom stereocenters. The van der Waals surface area contributed by atoms with Crippen LogP contribution >= 0.6 is 0 Å². The summed E-state index contributed by atoms with van der Waals surface area (Å²) in [7, 11) is 0. The number of carbonyl (C=O) groups is 1. The number of amides is 1. The molecule has 0 radical (unpaired) electrons. The average Bonchev–Trinajstić information content (AvgIpc) is 2.96. The molecule has 0 bridgehead atoms. The highest BCUT2D eigenvalue weighted by molar-refractivity contribution is 5.99. The molecule has 6 heteroatoms. The van der Waals surface area contributed by atoms with Crippen molar-refractivity contribution < 1.29 is 4.79 Å². The van der Waals surface area contributed by atoms with E-state index >= 15 is 0 Å². The zero-order chi connectivity index (χ0) is 15.5. The normalized spacial score (nSPS) is 38.3. The SMILES string of the molecule is C[C@@]12C(C#N)(C#N)[C@]1(C#N)C(=O)N[C@@]2(N)c1ccccc1. The summed E-state index contributed by atoms with van der Waals surface area (Å²) in [6.45, 7) is 1.55. The van der Waals surface area contributed by atoms with Crippen molar-refractivity contribution in [3.63, 3.8) is 0 Å². The molecule has 1 aromatic carbocycles. The van der Waals surface area contributed by atoms with E-state index in [-0.39, 0.29) is 0 Å². The van der Waals surface area contributed by atoms with Gasteiger partial charge in [0.15, 0.2) is 10.8 Å². The molecule has 1 aliphatic carbocycles. The molecule has 0 aromatic heterocycles. The number of carbonyl (C=O) groups excluding carboxylic acids is 1. The third-order valence-electron chi connectivity index (χ3n) is 5.17. The van der Waals surface area contributed by atoms with Gasteiger partial charge >= 0.3 is 0 Å². The van der Waals surface area contributed by atoms with Gasteiger partial charge < -0.3 is 11.1 Å². The number of rotatable bonds is 1. The first-order chi connectivity index (χ1) is 9.91. The van der Waals surface area contributed by atoms with Crippen LogP contribution in [0.2, 0.25) is 0 Å². The highest BCUT2D eigenvalue weighted by Crippen LogP contribution is 2.84. The van der Waals surface area contributed by atoms with Crippen LogP contribution in [0.3, 0.4) is 0 Å². The fourth-order valence-electron chi connectivity index (χ4n) is 3.83. The van der Waals surface area contributed by atoms with E-state index in [2.05, 4.69) is 5.32 Å². The Hall–Kier alpha value is -2.88. The molecule has 2 fully saturated rings. The van der Waals surface area contributed by atoms with Gasteiger partial charge in [-0.3, -0.25) is 4.79 Å². The lowest BCUT2D eigenvalue weighted by Crippen LogP contribution is -2.56. The van der Waals surface area contributed by atoms with Crippen molar-refractivity contribution in [2.24, 2.45) is 22.0 Å². The van der Waals surface area contributed by atoms with E-state index < -0.39 is 27.8 Å². The van der Waals surface area contributed by atoms with Gasteiger partial charge in [-0.05, 0) is 5.56 Å². The molecule has 3 N–H and O–H groups in total. The Labute approximate surface area is 121 Å². The van der Waals surface area contributed by atoms with Gasteiger partial charge in [0.1, 0.15) is 5.66 Å². The molecule has 3 atom stereocenters. The monoisotopic (exact) mass is 277 g/mol. The minimum absolute atomic E-state index is 0.561. The second kappa shape index (κ2) is 3.41. The van der Waals surface area contributed by atoms with Gasteiger partial charge in [0.2, 0.25) is 5.91 Å². The van der Waals surface area contributed by atoms with Crippen LogP contribution in [0, 0.1) is 50.2 Å². The molecule has 2 aliphatic rings. The maximum Gasteiger partial charge on any atom is 0.245 e. The summed E-state index contributed by atoms with van der Waals surface area (Å²) >= 11 is 0. The van der Waals surface area contributed by atoms with Gasteiger partial charge in [0.05, 0.1) is 23.6 Å². The van der Waals surface area contributed by atoms with Gasteiger partial charge in [-0.2, -0.15) is 15.8 Å². The summed E-state index contributed by atoms with van der Waals surface area (Å²) in [5.74, 6) is -0.665. The maximum atomic E-state index is 12.4. The topological polar surface area (TPSA) is 126 Å². The average molecular weight is 277 g/mol. The van der Waals surface area contributed by atoms with Crippen LogP contribution in [0.15, 0.2) is 30.3 Å². The number of nitrogens with two attached hydrogens (primary N) is 1. The van der Waals surface area contributed by atoms with Crippen molar-refractivity contribution in [3.05, 3.63) is 35.9 Å². The fourth-order valence-corrected chi connectivity index (χ4v) is 3.83. The van der Waals surface area contributed by atoms with E-state index in [1.807, 2.05) is 18.2 Å². The zero-order valence-electron chi connectivity index (χ0n) is 11.2. The number of fused-ring (bicyclic) bond motifs is 1. The molecule has 6 nitrogen and oxygen atoms in total. The predicted octanol–water partition coefficient (Wildman–Crippen LogP) is 0.491. The second-order valence-corrected chi connectivity index (χ2v) is 5.59. The summed E-state index contributed by atoms with van der Waals surface area (Å²) < 4.78 is 0. The molecule has 1 saturated carbocycles. The van der Waals surface area contributed by atoms with Crippen LogP contribution in [-0.2, 0) is 10.5 Å². The minimum Gasteiger partial charge on any atom is -0.332 e. The van der Waals surface area contributed by atoms with Crippen molar-refractivity contribution in [2.45, 2.75) is 12.6 Å². The van der Waals surface area contributed by atoms with Crippen LogP contribution < -0.4 is 11.1 Å². The van der Waals surface area contributed by atoms with Crippen LogP contribution in [0.25, 0.3) is 0 Å². The van der Waals surface area contributed by atoms with Crippen LogP contribution in [0.1, 0.15) is 12.5 Å². The predicted molar refractivity (Wildman–Crippen MR) is 70.3 cm³/mol. The van der Waals surface area contributed by atoms with E-state index in [1.165, 1.54) is 0 Å². The third-order valence-corrected chi connectivity index (χ3v) is 5.17. The highest BCUT2D eigenvalue weighted by Gasteiger charge is 3.00. The summed E-state index contributed by atoms with van der Waals surface area (Å²) in [6.07, 6.45) is 0.